The molecule has 0 bridgehead atoms. The van der Waals surface area contributed by atoms with E-state index in [1.807, 2.05) is 12.3 Å². The van der Waals surface area contributed by atoms with Crippen molar-refractivity contribution in [3.63, 3.8) is 0 Å². The van der Waals surface area contributed by atoms with Gasteiger partial charge in [-0.05, 0) is 46.8 Å². The summed E-state index contributed by atoms with van der Waals surface area (Å²) in [5.74, 6) is 0. The van der Waals surface area contributed by atoms with Crippen molar-refractivity contribution in [2.24, 2.45) is 0 Å². The van der Waals surface area contributed by atoms with Crippen LogP contribution in [0.2, 0.25) is 5.15 Å². The summed E-state index contributed by atoms with van der Waals surface area (Å²) in [5, 5.41) is 0.536. The van der Waals surface area contributed by atoms with Crippen molar-refractivity contribution in [2.45, 2.75) is 19.3 Å². The molecule has 0 aliphatic heterocycles. The molecule has 0 aromatic carbocycles. The highest BCUT2D eigenvalue weighted by atomic mass is 79.9. The maximum absolute atomic E-state index is 5.76. The lowest BCUT2D eigenvalue weighted by molar-refractivity contribution is 0.934. The predicted octanol–water partition coefficient (Wildman–Crippen LogP) is 4.06. The zero-order chi connectivity index (χ0) is 9.26. The molecule has 0 amide bonds. The molecule has 0 fully saturated rings. The molecule has 3 heteroatoms. The van der Waals surface area contributed by atoms with Gasteiger partial charge in [-0.1, -0.05) is 17.7 Å². The van der Waals surface area contributed by atoms with Gasteiger partial charge >= 0.3 is 0 Å². The van der Waals surface area contributed by atoms with E-state index in [0.29, 0.717) is 5.15 Å². The van der Waals surface area contributed by atoms with Crippen LogP contribution in [-0.4, -0.2) is 4.98 Å². The predicted molar refractivity (Wildman–Crippen MR) is 58.8 cm³/mol. The lowest BCUT2D eigenvalue weighted by atomic mass is 10.1. The number of rotatable bonds is 1. The molecule has 0 unspecified atom stereocenters. The number of aromatic nitrogens is 1. The Morgan fingerprint density at radius 1 is 1.46 bits per heavy atom. The summed E-state index contributed by atoms with van der Waals surface area (Å²) in [4.78, 5) is 4.08. The Morgan fingerprint density at radius 3 is 2.92 bits per heavy atom. The van der Waals surface area contributed by atoms with Gasteiger partial charge < -0.3 is 0 Å². The van der Waals surface area contributed by atoms with Gasteiger partial charge in [-0.3, -0.25) is 0 Å². The summed E-state index contributed by atoms with van der Waals surface area (Å²) in [6.07, 6.45) is 7.70. The minimum absolute atomic E-state index is 0.536. The van der Waals surface area contributed by atoms with Gasteiger partial charge in [0.05, 0.1) is 0 Å². The second-order valence-corrected chi connectivity index (χ2v) is 4.35. The molecule has 0 spiro atoms. The molecule has 0 radical (unpaired) electrons. The maximum Gasteiger partial charge on any atom is 0.130 e. The third-order valence-corrected chi connectivity index (χ3v) is 3.07. The smallest absolute Gasteiger partial charge is 0.130 e. The topological polar surface area (TPSA) is 12.9 Å². The highest BCUT2D eigenvalue weighted by Crippen LogP contribution is 2.32. The third-order valence-electron chi connectivity index (χ3n) is 2.21. The second-order valence-electron chi connectivity index (χ2n) is 3.11. The van der Waals surface area contributed by atoms with Crippen LogP contribution in [0.15, 0.2) is 22.8 Å². The largest absolute Gasteiger partial charge is 0.244 e. The lowest BCUT2D eigenvalue weighted by Crippen LogP contribution is -1.85. The van der Waals surface area contributed by atoms with Crippen LogP contribution in [0.25, 0.3) is 5.57 Å². The standard InChI is InChI=1S/C10H9BrClN/c11-9-5-10(12)13-6-8(9)7-3-1-2-4-7/h3,5-6H,1-2,4H2. The fourth-order valence-electron chi connectivity index (χ4n) is 1.56. The quantitative estimate of drug-likeness (QED) is 0.692. The van der Waals surface area contributed by atoms with E-state index in [9.17, 15) is 0 Å². The summed E-state index contributed by atoms with van der Waals surface area (Å²) in [5.41, 5.74) is 2.57. The van der Waals surface area contributed by atoms with E-state index in [4.69, 9.17) is 11.6 Å². The number of allylic oxidation sites excluding steroid dienone is 2. The Balaban J connectivity index is 2.40. The molecule has 1 aliphatic carbocycles. The first kappa shape index (κ1) is 9.22. The molecular weight excluding hydrogens is 249 g/mol. The summed E-state index contributed by atoms with van der Waals surface area (Å²) in [7, 11) is 0. The Morgan fingerprint density at radius 2 is 2.31 bits per heavy atom. The van der Waals surface area contributed by atoms with Crippen LogP contribution >= 0.6 is 27.5 Å². The summed E-state index contributed by atoms with van der Waals surface area (Å²) in [6, 6.07) is 1.84. The Labute approximate surface area is 91.0 Å². The van der Waals surface area contributed by atoms with Crippen molar-refractivity contribution in [3.8, 4) is 0 Å². The molecule has 0 N–H and O–H groups in total. The number of hydrogen-bond donors (Lipinski definition) is 0. The van der Waals surface area contributed by atoms with Crippen molar-refractivity contribution >= 4 is 33.1 Å². The minimum atomic E-state index is 0.536. The fraction of sp³-hybridized carbons (Fsp3) is 0.300. The first-order chi connectivity index (χ1) is 6.27. The SMILES string of the molecule is Clc1cc(Br)c(C2=CCCC2)cn1. The van der Waals surface area contributed by atoms with Crippen LogP contribution < -0.4 is 0 Å². The Bertz CT molecular complexity index is 360. The van der Waals surface area contributed by atoms with Gasteiger partial charge in [0.25, 0.3) is 0 Å². The van der Waals surface area contributed by atoms with Crippen molar-refractivity contribution in [3.05, 3.63) is 33.5 Å². The summed E-state index contributed by atoms with van der Waals surface area (Å²) >= 11 is 9.25. The molecule has 1 aliphatic rings. The van der Waals surface area contributed by atoms with E-state index < -0.39 is 0 Å². The van der Waals surface area contributed by atoms with E-state index in [2.05, 4.69) is 27.0 Å². The lowest BCUT2D eigenvalue weighted by Gasteiger charge is -2.04. The maximum atomic E-state index is 5.76. The van der Waals surface area contributed by atoms with E-state index in [0.717, 1.165) is 10.9 Å². The second kappa shape index (κ2) is 3.81. The summed E-state index contributed by atoms with van der Waals surface area (Å²) < 4.78 is 1.04. The number of halogens is 2. The monoisotopic (exact) mass is 257 g/mol. The average molecular weight is 259 g/mol. The van der Waals surface area contributed by atoms with Gasteiger partial charge in [0.1, 0.15) is 5.15 Å². The first-order valence-corrected chi connectivity index (χ1v) is 5.45. The van der Waals surface area contributed by atoms with Crippen LogP contribution in [0, 0.1) is 0 Å². The van der Waals surface area contributed by atoms with Crippen LogP contribution in [0.3, 0.4) is 0 Å². The Hall–Kier alpha value is -0.340. The van der Waals surface area contributed by atoms with Gasteiger partial charge in [0.2, 0.25) is 0 Å². The average Bonchev–Trinajstić information content (AvgIpc) is 2.56. The van der Waals surface area contributed by atoms with Crippen molar-refractivity contribution < 1.29 is 0 Å². The minimum Gasteiger partial charge on any atom is -0.244 e. The van der Waals surface area contributed by atoms with Gasteiger partial charge in [-0.15, -0.1) is 0 Å². The van der Waals surface area contributed by atoms with Gasteiger partial charge in [0.15, 0.2) is 0 Å². The fourth-order valence-corrected chi connectivity index (χ4v) is 2.42. The van der Waals surface area contributed by atoms with Crippen molar-refractivity contribution in [1.82, 2.24) is 4.98 Å². The van der Waals surface area contributed by atoms with Crippen LogP contribution in [0.5, 0.6) is 0 Å². The Kier molecular flexibility index (Phi) is 2.70. The zero-order valence-electron chi connectivity index (χ0n) is 7.06. The van der Waals surface area contributed by atoms with E-state index >= 15 is 0 Å². The van der Waals surface area contributed by atoms with Crippen LogP contribution in [-0.2, 0) is 0 Å². The van der Waals surface area contributed by atoms with Crippen LogP contribution in [0.1, 0.15) is 24.8 Å². The number of nitrogens with zero attached hydrogens (tertiary/aromatic N) is 1. The molecule has 2 rings (SSSR count). The van der Waals surface area contributed by atoms with Crippen LogP contribution in [0.4, 0.5) is 0 Å². The van der Waals surface area contributed by atoms with Crippen molar-refractivity contribution in [1.29, 1.82) is 0 Å². The van der Waals surface area contributed by atoms with E-state index in [1.54, 1.807) is 0 Å². The van der Waals surface area contributed by atoms with Crippen molar-refractivity contribution in [2.75, 3.05) is 0 Å². The molecule has 1 heterocycles. The molecule has 13 heavy (non-hydrogen) atoms. The summed E-state index contributed by atoms with van der Waals surface area (Å²) in [6.45, 7) is 0. The van der Waals surface area contributed by atoms with Gasteiger partial charge in [-0.25, -0.2) is 4.98 Å². The molecular formula is C10H9BrClN. The number of pyridine rings is 1. The van der Waals surface area contributed by atoms with E-state index in [-0.39, 0.29) is 0 Å². The zero-order valence-corrected chi connectivity index (χ0v) is 9.40. The van der Waals surface area contributed by atoms with Gasteiger partial charge in [-0.2, -0.15) is 0 Å². The number of hydrogen-bond acceptors (Lipinski definition) is 1. The molecule has 0 saturated heterocycles. The normalized spacial score (nSPS) is 16.0. The first-order valence-electron chi connectivity index (χ1n) is 4.28. The molecule has 1 nitrogen and oxygen atoms in total. The third kappa shape index (κ3) is 1.94. The molecule has 1 aromatic heterocycles. The van der Waals surface area contributed by atoms with E-state index in [1.165, 1.54) is 24.0 Å². The molecule has 1 aromatic rings. The molecule has 0 saturated carbocycles. The molecule has 68 valence electrons. The van der Waals surface area contributed by atoms with Gasteiger partial charge in [0, 0.05) is 16.2 Å². The highest BCUT2D eigenvalue weighted by molar-refractivity contribution is 9.10. The molecule has 0 atom stereocenters. The highest BCUT2D eigenvalue weighted by Gasteiger charge is 2.10.